The lowest BCUT2D eigenvalue weighted by Gasteiger charge is -2.26. The lowest BCUT2D eigenvalue weighted by Crippen LogP contribution is -2.50. The summed E-state index contributed by atoms with van der Waals surface area (Å²) in [7, 11) is 0. The van der Waals surface area contributed by atoms with E-state index in [0.717, 1.165) is 45.1 Å². The van der Waals surface area contributed by atoms with Crippen LogP contribution in [0, 0.1) is 0 Å². The average Bonchev–Trinajstić information content (AvgIpc) is 2.99. The molecule has 0 aromatic carbocycles. The van der Waals surface area contributed by atoms with E-state index in [-0.39, 0.29) is 12.5 Å². The summed E-state index contributed by atoms with van der Waals surface area (Å²) in [5, 5.41) is 33.3. The Bertz CT molecular complexity index is 703. The molecule has 0 radical (unpaired) electrons. The second-order valence-electron chi connectivity index (χ2n) is 12.1. The number of nitrogens with zero attached hydrogens (tertiary/aromatic N) is 1. The summed E-state index contributed by atoms with van der Waals surface area (Å²) in [5.74, 6) is -0.156. The van der Waals surface area contributed by atoms with Crippen LogP contribution in [0.4, 0.5) is 0 Å². The normalized spacial score (nSPS) is 13.7. The topological polar surface area (TPSA) is 93.7 Å². The van der Waals surface area contributed by atoms with Gasteiger partial charge in [0.15, 0.2) is 12.4 Å². The Kier molecular flexibility index (Phi) is 25.0. The van der Waals surface area contributed by atoms with Crippen molar-refractivity contribution in [1.29, 1.82) is 0 Å². The highest BCUT2D eigenvalue weighted by Gasteiger charge is 2.26. The summed E-state index contributed by atoms with van der Waals surface area (Å²) in [4.78, 5) is 12.3. The number of nitrogens with one attached hydrogen (secondary N) is 1. The van der Waals surface area contributed by atoms with Gasteiger partial charge in [0.25, 0.3) is 0 Å². The number of rotatable bonds is 29. The quantitative estimate of drug-likeness (QED) is 0.0600. The summed E-state index contributed by atoms with van der Waals surface area (Å²) >= 11 is 0. The van der Waals surface area contributed by atoms with E-state index in [2.05, 4.69) is 41.3 Å². The molecule has 0 saturated carbocycles. The Morgan fingerprint density at radius 1 is 0.659 bits per heavy atom. The van der Waals surface area contributed by atoms with Gasteiger partial charge in [-0.15, -0.1) is 0 Å². The molecule has 1 rings (SSSR count). The van der Waals surface area contributed by atoms with Gasteiger partial charge in [-0.25, -0.2) is 4.57 Å². The van der Waals surface area contributed by atoms with Crippen LogP contribution >= 0.6 is 0 Å². The number of hydrogen-bond acceptors (Lipinski definition) is 4. The average molecular weight is 578 g/mol. The second-order valence-corrected chi connectivity index (χ2v) is 12.1. The molecule has 4 N–H and O–H groups in total. The van der Waals surface area contributed by atoms with E-state index in [4.69, 9.17) is 0 Å². The third-order valence-electron chi connectivity index (χ3n) is 8.30. The third kappa shape index (κ3) is 21.8. The summed E-state index contributed by atoms with van der Waals surface area (Å²) in [6.45, 7) is 2.98. The van der Waals surface area contributed by atoms with Crippen LogP contribution in [0.25, 0.3) is 0 Å². The van der Waals surface area contributed by atoms with Crippen molar-refractivity contribution < 1.29 is 24.7 Å². The van der Waals surface area contributed by atoms with Crippen LogP contribution in [0.2, 0.25) is 0 Å². The smallest absolute Gasteiger partial charge is 0.220 e. The molecule has 6 heteroatoms. The highest BCUT2D eigenvalue weighted by molar-refractivity contribution is 5.76. The number of aliphatic hydroxyl groups is 3. The molecule has 0 aliphatic rings. The Morgan fingerprint density at radius 2 is 1.12 bits per heavy atom. The Hall–Kier alpha value is -1.50. The van der Waals surface area contributed by atoms with E-state index in [1.165, 1.54) is 96.3 Å². The van der Waals surface area contributed by atoms with Gasteiger partial charge in [0.05, 0.1) is 18.8 Å². The molecule has 1 aromatic rings. The molecule has 3 atom stereocenters. The maximum absolute atomic E-state index is 12.3. The molecule has 1 heterocycles. The lowest BCUT2D eigenvalue weighted by molar-refractivity contribution is -0.697. The van der Waals surface area contributed by atoms with E-state index >= 15 is 0 Å². The van der Waals surface area contributed by atoms with Crippen molar-refractivity contribution in [3.63, 3.8) is 0 Å². The number of pyridine rings is 1. The molecule has 41 heavy (non-hydrogen) atoms. The minimum absolute atomic E-state index is 0.156. The van der Waals surface area contributed by atoms with Gasteiger partial charge in [-0.3, -0.25) is 4.79 Å². The standard InChI is InChI=1S/C35H64N2O4/c1-2-3-4-5-6-7-8-9-11-14-17-21-26-33(39)35(41)32(31-38)36-34(40)27-22-18-15-12-10-13-16-19-23-28-37-29-24-20-25-30-37/h20,24-25,29-30,32-33,35,38-39,41H,2-19,21-23,26-28,31H2,1H3/p+1/t32-,33+,35-/m0/s1. The number of hydrogen-bond donors (Lipinski definition) is 4. The van der Waals surface area contributed by atoms with Gasteiger partial charge in [0.2, 0.25) is 5.91 Å². The first kappa shape index (κ1) is 37.5. The van der Waals surface area contributed by atoms with Gasteiger partial charge in [-0.05, 0) is 19.3 Å². The van der Waals surface area contributed by atoms with Gasteiger partial charge >= 0.3 is 0 Å². The minimum Gasteiger partial charge on any atom is -0.394 e. The van der Waals surface area contributed by atoms with E-state index < -0.39 is 18.2 Å². The van der Waals surface area contributed by atoms with Crippen molar-refractivity contribution in [2.45, 2.75) is 179 Å². The van der Waals surface area contributed by atoms with Gasteiger partial charge in [-0.2, -0.15) is 0 Å². The van der Waals surface area contributed by atoms with Crippen molar-refractivity contribution in [3.05, 3.63) is 30.6 Å². The number of aliphatic hydroxyl groups excluding tert-OH is 3. The predicted molar refractivity (Wildman–Crippen MR) is 170 cm³/mol. The highest BCUT2D eigenvalue weighted by Crippen LogP contribution is 2.15. The maximum atomic E-state index is 12.3. The van der Waals surface area contributed by atoms with Crippen molar-refractivity contribution in [3.8, 4) is 0 Å². The molecule has 0 saturated heterocycles. The van der Waals surface area contributed by atoms with E-state index in [0.29, 0.717) is 12.8 Å². The second kappa shape index (κ2) is 27.3. The predicted octanol–water partition coefficient (Wildman–Crippen LogP) is 7.17. The number of aromatic nitrogens is 1. The molecule has 0 fully saturated rings. The first-order chi connectivity index (χ1) is 20.1. The molecule has 1 amide bonds. The molecule has 0 aliphatic heterocycles. The summed E-state index contributed by atoms with van der Waals surface area (Å²) in [6.07, 6.45) is 28.6. The fourth-order valence-electron chi connectivity index (χ4n) is 5.55. The summed E-state index contributed by atoms with van der Waals surface area (Å²) in [5.41, 5.74) is 0. The van der Waals surface area contributed by atoms with Crippen LogP contribution < -0.4 is 9.88 Å². The molecule has 0 unspecified atom stereocenters. The monoisotopic (exact) mass is 577 g/mol. The van der Waals surface area contributed by atoms with Gasteiger partial charge in [0, 0.05) is 25.0 Å². The van der Waals surface area contributed by atoms with Gasteiger partial charge < -0.3 is 20.6 Å². The van der Waals surface area contributed by atoms with Crippen LogP contribution in [0.3, 0.4) is 0 Å². The number of carbonyl (C=O) groups is 1. The van der Waals surface area contributed by atoms with Crippen LogP contribution in [0.5, 0.6) is 0 Å². The fourth-order valence-corrected chi connectivity index (χ4v) is 5.55. The maximum Gasteiger partial charge on any atom is 0.220 e. The number of carbonyl (C=O) groups excluding carboxylic acids is 1. The lowest BCUT2D eigenvalue weighted by atomic mass is 9.99. The Balaban J connectivity index is 1.96. The zero-order valence-electron chi connectivity index (χ0n) is 26.5. The molecule has 0 bridgehead atoms. The van der Waals surface area contributed by atoms with Crippen LogP contribution in [0.1, 0.15) is 155 Å². The Labute approximate surface area is 252 Å². The summed E-state index contributed by atoms with van der Waals surface area (Å²) < 4.78 is 2.24. The van der Waals surface area contributed by atoms with Crippen molar-refractivity contribution >= 4 is 5.91 Å². The third-order valence-corrected chi connectivity index (χ3v) is 8.30. The van der Waals surface area contributed by atoms with Crippen LogP contribution in [-0.2, 0) is 11.3 Å². The molecule has 0 spiro atoms. The summed E-state index contributed by atoms with van der Waals surface area (Å²) in [6, 6.07) is 5.38. The molecular formula is C35H65N2O4+. The number of unbranched alkanes of at least 4 members (excludes halogenated alkanes) is 19. The van der Waals surface area contributed by atoms with Crippen LogP contribution in [0.15, 0.2) is 30.6 Å². The molecule has 6 nitrogen and oxygen atoms in total. The number of amides is 1. The van der Waals surface area contributed by atoms with Crippen molar-refractivity contribution in [1.82, 2.24) is 5.32 Å². The molecule has 0 aliphatic carbocycles. The molecular weight excluding hydrogens is 512 g/mol. The molecule has 1 aromatic heterocycles. The minimum atomic E-state index is -1.14. The van der Waals surface area contributed by atoms with Gasteiger partial charge in [0.1, 0.15) is 12.6 Å². The zero-order valence-corrected chi connectivity index (χ0v) is 26.5. The van der Waals surface area contributed by atoms with Gasteiger partial charge in [-0.1, -0.05) is 129 Å². The van der Waals surface area contributed by atoms with E-state index in [9.17, 15) is 20.1 Å². The van der Waals surface area contributed by atoms with E-state index in [1.54, 1.807) is 0 Å². The first-order valence-corrected chi connectivity index (χ1v) is 17.3. The SMILES string of the molecule is CCCCCCCCCCCCCC[C@@H](O)[C@@H](O)[C@H](CO)NC(=O)CCCCCCCCCCC[n+]1ccccc1. The molecule has 238 valence electrons. The van der Waals surface area contributed by atoms with Crippen LogP contribution in [-0.4, -0.2) is 46.1 Å². The number of aryl methyl sites for hydroxylation is 1. The largest absolute Gasteiger partial charge is 0.394 e. The fraction of sp³-hybridized carbons (Fsp3) is 0.829. The highest BCUT2D eigenvalue weighted by atomic mass is 16.3. The van der Waals surface area contributed by atoms with E-state index in [1.807, 2.05) is 6.07 Å². The first-order valence-electron chi connectivity index (χ1n) is 17.3. The zero-order chi connectivity index (χ0) is 29.8. The van der Waals surface area contributed by atoms with Crippen molar-refractivity contribution in [2.75, 3.05) is 6.61 Å². The van der Waals surface area contributed by atoms with Crippen molar-refractivity contribution in [2.24, 2.45) is 0 Å². The Morgan fingerprint density at radius 3 is 1.63 bits per heavy atom.